The quantitative estimate of drug-likeness (QED) is 0.810. The Morgan fingerprint density at radius 1 is 1.24 bits per heavy atom. The SMILES string of the molecule is CCCCS(=O)(=O)N1CCCc2c(OC)cc(OC)cc21. The van der Waals surface area contributed by atoms with E-state index in [0.717, 1.165) is 24.8 Å². The zero-order chi connectivity index (χ0) is 15.5. The molecule has 1 aliphatic heterocycles. The molecule has 0 spiro atoms. The van der Waals surface area contributed by atoms with E-state index in [0.29, 0.717) is 30.2 Å². The number of hydrogen-bond donors (Lipinski definition) is 0. The van der Waals surface area contributed by atoms with Crippen LogP contribution in [0.25, 0.3) is 0 Å². The number of sulfonamides is 1. The van der Waals surface area contributed by atoms with E-state index in [4.69, 9.17) is 9.47 Å². The van der Waals surface area contributed by atoms with Crippen LogP contribution in [0.15, 0.2) is 12.1 Å². The highest BCUT2D eigenvalue weighted by Gasteiger charge is 2.29. The standard InChI is InChI=1S/C15H23NO4S/c1-4-5-9-21(17,18)16-8-6-7-13-14(16)10-12(19-2)11-15(13)20-3/h10-11H,4-9H2,1-3H3. The molecule has 0 unspecified atom stereocenters. The number of hydrogen-bond acceptors (Lipinski definition) is 4. The zero-order valence-electron chi connectivity index (χ0n) is 12.9. The maximum absolute atomic E-state index is 12.6. The average molecular weight is 313 g/mol. The van der Waals surface area contributed by atoms with E-state index in [1.54, 1.807) is 26.4 Å². The lowest BCUT2D eigenvalue weighted by Gasteiger charge is -2.31. The van der Waals surface area contributed by atoms with Gasteiger partial charge in [-0.15, -0.1) is 0 Å². The van der Waals surface area contributed by atoms with Gasteiger partial charge in [-0.1, -0.05) is 13.3 Å². The fourth-order valence-electron chi connectivity index (χ4n) is 2.63. The van der Waals surface area contributed by atoms with Crippen molar-refractivity contribution in [3.05, 3.63) is 17.7 Å². The van der Waals surface area contributed by atoms with Crippen molar-refractivity contribution in [3.63, 3.8) is 0 Å². The fourth-order valence-corrected chi connectivity index (χ4v) is 4.37. The number of fused-ring (bicyclic) bond motifs is 1. The lowest BCUT2D eigenvalue weighted by Crippen LogP contribution is -2.37. The van der Waals surface area contributed by atoms with E-state index in [1.807, 2.05) is 6.92 Å². The molecule has 0 amide bonds. The number of nitrogens with zero attached hydrogens (tertiary/aromatic N) is 1. The number of benzene rings is 1. The van der Waals surface area contributed by atoms with Gasteiger partial charge in [0.15, 0.2) is 0 Å². The fraction of sp³-hybridized carbons (Fsp3) is 0.600. The van der Waals surface area contributed by atoms with Crippen LogP contribution in [-0.4, -0.2) is 34.9 Å². The van der Waals surface area contributed by atoms with Crippen molar-refractivity contribution in [1.29, 1.82) is 0 Å². The molecular formula is C15H23NO4S. The maximum Gasteiger partial charge on any atom is 0.235 e. The number of unbranched alkanes of at least 4 members (excludes halogenated alkanes) is 1. The van der Waals surface area contributed by atoms with Gasteiger partial charge in [-0.2, -0.15) is 0 Å². The second-order valence-corrected chi connectivity index (χ2v) is 7.19. The van der Waals surface area contributed by atoms with Gasteiger partial charge >= 0.3 is 0 Å². The Bertz CT molecular complexity index is 598. The topological polar surface area (TPSA) is 55.8 Å². The first-order valence-corrected chi connectivity index (χ1v) is 8.89. The van der Waals surface area contributed by atoms with Crippen molar-refractivity contribution < 1.29 is 17.9 Å². The van der Waals surface area contributed by atoms with Gasteiger partial charge in [-0.25, -0.2) is 8.42 Å². The molecule has 0 aromatic heterocycles. The molecular weight excluding hydrogens is 290 g/mol. The molecule has 1 heterocycles. The van der Waals surface area contributed by atoms with Crippen LogP contribution >= 0.6 is 0 Å². The molecule has 6 heteroatoms. The Balaban J connectivity index is 2.47. The average Bonchev–Trinajstić information content (AvgIpc) is 2.51. The summed E-state index contributed by atoms with van der Waals surface area (Å²) in [5.74, 6) is 1.49. The highest BCUT2D eigenvalue weighted by molar-refractivity contribution is 7.92. The van der Waals surface area contributed by atoms with E-state index in [-0.39, 0.29) is 5.75 Å². The summed E-state index contributed by atoms with van der Waals surface area (Å²) in [7, 11) is -0.120. The molecule has 0 atom stereocenters. The molecule has 1 aromatic rings. The van der Waals surface area contributed by atoms with Gasteiger partial charge in [0.1, 0.15) is 11.5 Å². The van der Waals surface area contributed by atoms with Gasteiger partial charge in [-0.3, -0.25) is 4.31 Å². The number of anilines is 1. The summed E-state index contributed by atoms with van der Waals surface area (Å²) in [5, 5.41) is 0. The molecule has 0 saturated carbocycles. The lowest BCUT2D eigenvalue weighted by molar-refractivity contribution is 0.390. The number of ether oxygens (including phenoxy) is 2. The Hall–Kier alpha value is -1.43. The predicted molar refractivity (Wildman–Crippen MR) is 83.9 cm³/mol. The first kappa shape index (κ1) is 15.9. The summed E-state index contributed by atoms with van der Waals surface area (Å²) >= 11 is 0. The van der Waals surface area contributed by atoms with E-state index in [2.05, 4.69) is 0 Å². The summed E-state index contributed by atoms with van der Waals surface area (Å²) in [6, 6.07) is 3.60. The van der Waals surface area contributed by atoms with Gasteiger partial charge in [0.2, 0.25) is 10.0 Å². The van der Waals surface area contributed by atoms with Crippen LogP contribution in [0.4, 0.5) is 5.69 Å². The molecule has 0 fully saturated rings. The minimum absolute atomic E-state index is 0.183. The smallest absolute Gasteiger partial charge is 0.235 e. The van der Waals surface area contributed by atoms with Crippen LogP contribution in [-0.2, 0) is 16.4 Å². The van der Waals surface area contributed by atoms with Gasteiger partial charge in [0, 0.05) is 24.2 Å². The summed E-state index contributed by atoms with van der Waals surface area (Å²) < 4.78 is 37.3. The highest BCUT2D eigenvalue weighted by atomic mass is 32.2. The largest absolute Gasteiger partial charge is 0.497 e. The van der Waals surface area contributed by atoms with Crippen molar-refractivity contribution in [2.24, 2.45) is 0 Å². The molecule has 2 rings (SSSR count). The van der Waals surface area contributed by atoms with Crippen LogP contribution in [0.2, 0.25) is 0 Å². The first-order valence-electron chi connectivity index (χ1n) is 7.28. The van der Waals surface area contributed by atoms with Crippen LogP contribution in [0.1, 0.15) is 31.7 Å². The Morgan fingerprint density at radius 3 is 2.62 bits per heavy atom. The minimum Gasteiger partial charge on any atom is -0.497 e. The molecule has 1 aromatic carbocycles. The predicted octanol–water partition coefficient (Wildman–Crippen LogP) is 2.59. The molecule has 5 nitrogen and oxygen atoms in total. The normalized spacial score (nSPS) is 14.7. The molecule has 0 radical (unpaired) electrons. The van der Waals surface area contributed by atoms with E-state index < -0.39 is 10.0 Å². The number of rotatable bonds is 6. The third-order valence-electron chi connectivity index (χ3n) is 3.76. The van der Waals surface area contributed by atoms with Gasteiger partial charge < -0.3 is 9.47 Å². The maximum atomic E-state index is 12.6. The lowest BCUT2D eigenvalue weighted by atomic mass is 10.0. The zero-order valence-corrected chi connectivity index (χ0v) is 13.7. The van der Waals surface area contributed by atoms with Crippen LogP contribution in [0.5, 0.6) is 11.5 Å². The van der Waals surface area contributed by atoms with E-state index >= 15 is 0 Å². The highest BCUT2D eigenvalue weighted by Crippen LogP contribution is 2.39. The van der Waals surface area contributed by atoms with E-state index in [1.165, 1.54) is 4.31 Å². The second kappa shape index (κ2) is 6.56. The third kappa shape index (κ3) is 3.26. The van der Waals surface area contributed by atoms with E-state index in [9.17, 15) is 8.42 Å². The first-order chi connectivity index (χ1) is 10.0. The summed E-state index contributed by atoms with van der Waals surface area (Å²) in [5.41, 5.74) is 1.65. The molecule has 0 bridgehead atoms. The molecule has 21 heavy (non-hydrogen) atoms. The van der Waals surface area contributed by atoms with Crippen molar-refractivity contribution in [2.75, 3.05) is 30.8 Å². The van der Waals surface area contributed by atoms with Crippen LogP contribution < -0.4 is 13.8 Å². The Kier molecular flexibility index (Phi) is 4.98. The molecule has 0 N–H and O–H groups in total. The summed E-state index contributed by atoms with van der Waals surface area (Å²) in [6.07, 6.45) is 3.17. The van der Waals surface area contributed by atoms with Gasteiger partial charge in [0.05, 0.1) is 25.7 Å². The monoisotopic (exact) mass is 313 g/mol. The minimum atomic E-state index is -3.29. The summed E-state index contributed by atoms with van der Waals surface area (Å²) in [4.78, 5) is 0. The third-order valence-corrected chi connectivity index (χ3v) is 5.62. The summed E-state index contributed by atoms with van der Waals surface area (Å²) in [6.45, 7) is 2.51. The Morgan fingerprint density at radius 2 is 2.00 bits per heavy atom. The molecule has 0 saturated heterocycles. The molecule has 118 valence electrons. The van der Waals surface area contributed by atoms with Gasteiger partial charge in [0.25, 0.3) is 0 Å². The Labute approximate surface area is 126 Å². The second-order valence-electron chi connectivity index (χ2n) is 5.17. The van der Waals surface area contributed by atoms with Crippen molar-refractivity contribution in [3.8, 4) is 11.5 Å². The van der Waals surface area contributed by atoms with Crippen molar-refractivity contribution in [1.82, 2.24) is 0 Å². The molecule has 1 aliphatic rings. The van der Waals surface area contributed by atoms with Crippen molar-refractivity contribution >= 4 is 15.7 Å². The van der Waals surface area contributed by atoms with Gasteiger partial charge in [-0.05, 0) is 19.3 Å². The number of methoxy groups -OCH3 is 2. The van der Waals surface area contributed by atoms with Crippen molar-refractivity contribution in [2.45, 2.75) is 32.6 Å². The molecule has 0 aliphatic carbocycles. The van der Waals surface area contributed by atoms with Crippen LogP contribution in [0.3, 0.4) is 0 Å². The van der Waals surface area contributed by atoms with Crippen LogP contribution in [0, 0.1) is 0 Å².